The Labute approximate surface area is 129 Å². The number of nitrogens with zero attached hydrogens (tertiary/aromatic N) is 1. The van der Waals surface area contributed by atoms with E-state index in [1.54, 1.807) is 18.2 Å². The van der Waals surface area contributed by atoms with Gasteiger partial charge in [-0.15, -0.1) is 0 Å². The molecule has 0 aromatic heterocycles. The van der Waals surface area contributed by atoms with Crippen LogP contribution in [0.3, 0.4) is 0 Å². The Balaban J connectivity index is 1.83. The summed E-state index contributed by atoms with van der Waals surface area (Å²) in [6.45, 7) is 2.90. The first-order valence-electron chi connectivity index (χ1n) is 6.77. The number of benzene rings is 2. The zero-order chi connectivity index (χ0) is 15.1. The fourth-order valence-electron chi connectivity index (χ4n) is 1.85. The summed E-state index contributed by atoms with van der Waals surface area (Å²) in [7, 11) is 0. The number of hydrogen-bond donors (Lipinski definition) is 0. The van der Waals surface area contributed by atoms with Gasteiger partial charge in [-0.25, -0.2) is 0 Å². The van der Waals surface area contributed by atoms with Crippen molar-refractivity contribution in [1.82, 2.24) is 0 Å². The first-order valence-corrected chi connectivity index (χ1v) is 7.15. The van der Waals surface area contributed by atoms with E-state index in [1.165, 1.54) is 5.56 Å². The van der Waals surface area contributed by atoms with E-state index in [1.807, 2.05) is 24.3 Å². The number of aryl methyl sites for hydroxylation is 1. The SMILES string of the molecule is CCc1ccc(OCCOc2ccc(Cl)cc2C#N)cc1. The van der Waals surface area contributed by atoms with E-state index >= 15 is 0 Å². The van der Waals surface area contributed by atoms with Crippen molar-refractivity contribution in [2.45, 2.75) is 13.3 Å². The first kappa shape index (κ1) is 15.2. The zero-order valence-electron chi connectivity index (χ0n) is 11.8. The van der Waals surface area contributed by atoms with Gasteiger partial charge in [0.25, 0.3) is 0 Å². The first-order chi connectivity index (χ1) is 10.2. The van der Waals surface area contributed by atoms with Gasteiger partial charge >= 0.3 is 0 Å². The highest BCUT2D eigenvalue weighted by molar-refractivity contribution is 6.30. The van der Waals surface area contributed by atoms with Crippen LogP contribution < -0.4 is 9.47 Å². The maximum absolute atomic E-state index is 9.01. The van der Waals surface area contributed by atoms with Gasteiger partial charge < -0.3 is 9.47 Å². The zero-order valence-corrected chi connectivity index (χ0v) is 12.6. The van der Waals surface area contributed by atoms with Crippen LogP contribution in [0, 0.1) is 11.3 Å². The lowest BCUT2D eigenvalue weighted by molar-refractivity contribution is 0.217. The summed E-state index contributed by atoms with van der Waals surface area (Å²) in [5, 5.41) is 9.53. The van der Waals surface area contributed by atoms with Crippen LogP contribution in [-0.4, -0.2) is 13.2 Å². The quantitative estimate of drug-likeness (QED) is 0.750. The molecule has 0 saturated heterocycles. The molecule has 0 unspecified atom stereocenters. The van der Waals surface area contributed by atoms with E-state index in [9.17, 15) is 0 Å². The molecule has 21 heavy (non-hydrogen) atoms. The van der Waals surface area contributed by atoms with Crippen LogP contribution in [0.4, 0.5) is 0 Å². The largest absolute Gasteiger partial charge is 0.490 e. The average molecular weight is 302 g/mol. The van der Waals surface area contributed by atoms with E-state index in [2.05, 4.69) is 13.0 Å². The fourth-order valence-corrected chi connectivity index (χ4v) is 2.02. The maximum atomic E-state index is 9.01. The third-order valence-corrected chi connectivity index (χ3v) is 3.24. The third-order valence-electron chi connectivity index (χ3n) is 3.00. The second kappa shape index (κ2) is 7.56. The molecule has 0 aliphatic rings. The van der Waals surface area contributed by atoms with Crippen LogP contribution in [0.15, 0.2) is 42.5 Å². The molecule has 0 fully saturated rings. The Morgan fingerprint density at radius 3 is 2.43 bits per heavy atom. The highest BCUT2D eigenvalue weighted by atomic mass is 35.5. The number of nitriles is 1. The van der Waals surface area contributed by atoms with Gasteiger partial charge in [-0.1, -0.05) is 30.7 Å². The minimum Gasteiger partial charge on any atom is -0.490 e. The second-order valence-corrected chi connectivity index (χ2v) is 4.88. The predicted molar refractivity (Wildman–Crippen MR) is 83.0 cm³/mol. The number of ether oxygens (including phenoxy) is 2. The summed E-state index contributed by atoms with van der Waals surface area (Å²) in [5.41, 5.74) is 1.70. The van der Waals surface area contributed by atoms with Crippen molar-refractivity contribution >= 4 is 11.6 Å². The van der Waals surface area contributed by atoms with Crippen molar-refractivity contribution in [3.8, 4) is 17.6 Å². The number of rotatable bonds is 6. The monoisotopic (exact) mass is 301 g/mol. The van der Waals surface area contributed by atoms with Crippen molar-refractivity contribution in [1.29, 1.82) is 5.26 Å². The molecule has 0 saturated carbocycles. The number of halogens is 1. The highest BCUT2D eigenvalue weighted by Crippen LogP contribution is 2.22. The van der Waals surface area contributed by atoms with Gasteiger partial charge in [0.15, 0.2) is 0 Å². The normalized spacial score (nSPS) is 9.95. The molecule has 0 bridgehead atoms. The Morgan fingerprint density at radius 1 is 1.05 bits per heavy atom. The topological polar surface area (TPSA) is 42.2 Å². The molecule has 3 nitrogen and oxygen atoms in total. The minimum atomic E-state index is 0.367. The summed E-state index contributed by atoms with van der Waals surface area (Å²) in [4.78, 5) is 0. The Kier molecular flexibility index (Phi) is 5.48. The molecule has 0 aliphatic heterocycles. The Bertz CT molecular complexity index is 632. The molecule has 0 amide bonds. The average Bonchev–Trinajstić information content (AvgIpc) is 2.53. The van der Waals surface area contributed by atoms with Crippen molar-refractivity contribution in [3.05, 3.63) is 58.6 Å². The van der Waals surface area contributed by atoms with Crippen LogP contribution in [0.5, 0.6) is 11.5 Å². The Hall–Kier alpha value is -2.18. The van der Waals surface area contributed by atoms with Crippen LogP contribution in [0.25, 0.3) is 0 Å². The van der Waals surface area contributed by atoms with E-state index in [0.717, 1.165) is 12.2 Å². The summed E-state index contributed by atoms with van der Waals surface area (Å²) in [6, 6.07) is 15.0. The van der Waals surface area contributed by atoms with Gasteiger partial charge in [-0.05, 0) is 42.3 Å². The van der Waals surface area contributed by atoms with Gasteiger partial charge in [0.1, 0.15) is 30.8 Å². The molecule has 0 spiro atoms. The van der Waals surface area contributed by atoms with E-state index in [0.29, 0.717) is 29.5 Å². The highest BCUT2D eigenvalue weighted by Gasteiger charge is 2.04. The van der Waals surface area contributed by atoms with E-state index in [-0.39, 0.29) is 0 Å². The third kappa shape index (κ3) is 4.40. The Morgan fingerprint density at radius 2 is 1.76 bits per heavy atom. The molecule has 0 heterocycles. The smallest absolute Gasteiger partial charge is 0.137 e. The van der Waals surface area contributed by atoms with Crippen LogP contribution in [0.1, 0.15) is 18.1 Å². The van der Waals surface area contributed by atoms with Gasteiger partial charge in [0.2, 0.25) is 0 Å². The van der Waals surface area contributed by atoms with Gasteiger partial charge in [-0.2, -0.15) is 5.26 Å². The molecular formula is C17H16ClNO2. The van der Waals surface area contributed by atoms with Crippen molar-refractivity contribution < 1.29 is 9.47 Å². The maximum Gasteiger partial charge on any atom is 0.137 e. The summed E-state index contributed by atoms with van der Waals surface area (Å²) < 4.78 is 11.1. The summed E-state index contributed by atoms with van der Waals surface area (Å²) in [5.74, 6) is 1.33. The molecule has 0 N–H and O–H groups in total. The standard InChI is InChI=1S/C17H16ClNO2/c1-2-13-3-6-16(7-4-13)20-9-10-21-17-8-5-15(18)11-14(17)12-19/h3-8,11H,2,9-10H2,1H3. The lowest BCUT2D eigenvalue weighted by Crippen LogP contribution is -2.09. The lowest BCUT2D eigenvalue weighted by atomic mass is 10.2. The molecule has 0 atom stereocenters. The van der Waals surface area contributed by atoms with Crippen LogP contribution in [0.2, 0.25) is 5.02 Å². The van der Waals surface area contributed by atoms with E-state index < -0.39 is 0 Å². The lowest BCUT2D eigenvalue weighted by Gasteiger charge is -2.10. The molecular weight excluding hydrogens is 286 g/mol. The molecule has 0 radical (unpaired) electrons. The van der Waals surface area contributed by atoms with Gasteiger partial charge in [-0.3, -0.25) is 0 Å². The van der Waals surface area contributed by atoms with Crippen LogP contribution >= 0.6 is 11.6 Å². The second-order valence-electron chi connectivity index (χ2n) is 4.45. The molecule has 2 aromatic carbocycles. The molecule has 0 aliphatic carbocycles. The molecule has 4 heteroatoms. The van der Waals surface area contributed by atoms with Crippen molar-refractivity contribution in [3.63, 3.8) is 0 Å². The molecule has 108 valence electrons. The van der Waals surface area contributed by atoms with Crippen molar-refractivity contribution in [2.24, 2.45) is 0 Å². The van der Waals surface area contributed by atoms with E-state index in [4.69, 9.17) is 26.3 Å². The molecule has 2 aromatic rings. The summed E-state index contributed by atoms with van der Waals surface area (Å²) in [6.07, 6.45) is 1.01. The minimum absolute atomic E-state index is 0.367. The van der Waals surface area contributed by atoms with Gasteiger partial charge in [0, 0.05) is 5.02 Å². The predicted octanol–water partition coefficient (Wildman–Crippen LogP) is 4.23. The summed E-state index contributed by atoms with van der Waals surface area (Å²) >= 11 is 5.83. The van der Waals surface area contributed by atoms with Gasteiger partial charge in [0.05, 0.1) is 5.56 Å². The number of hydrogen-bond acceptors (Lipinski definition) is 3. The van der Waals surface area contributed by atoms with Crippen molar-refractivity contribution in [2.75, 3.05) is 13.2 Å². The molecule has 2 rings (SSSR count). The fraction of sp³-hybridized carbons (Fsp3) is 0.235. The van der Waals surface area contributed by atoms with Crippen LogP contribution in [-0.2, 0) is 6.42 Å².